The van der Waals surface area contributed by atoms with Crippen molar-refractivity contribution in [1.82, 2.24) is 0 Å². The van der Waals surface area contributed by atoms with Crippen LogP contribution in [0.25, 0.3) is 0 Å². The maximum Gasteiger partial charge on any atom is 0.114 e. The molecular weight excluding hydrogens is 396 g/mol. The highest BCUT2D eigenvalue weighted by Crippen LogP contribution is 2.29. The van der Waals surface area contributed by atoms with E-state index < -0.39 is 0 Å². The van der Waals surface area contributed by atoms with E-state index >= 15 is 0 Å². The summed E-state index contributed by atoms with van der Waals surface area (Å²) in [4.78, 5) is 0. The van der Waals surface area contributed by atoms with Gasteiger partial charge in [0.15, 0.2) is 0 Å². The molecule has 0 aliphatic heterocycles. The van der Waals surface area contributed by atoms with Crippen molar-refractivity contribution in [2.75, 3.05) is 0 Å². The van der Waals surface area contributed by atoms with E-state index in [4.69, 9.17) is 14.2 Å². The Morgan fingerprint density at radius 2 is 1.12 bits per heavy atom. The molecule has 4 rings (SSSR count). The second kappa shape index (κ2) is 11.6. The zero-order valence-corrected chi connectivity index (χ0v) is 18.3. The fraction of sp³-hybridized carbons (Fsp3) is 0.241. The van der Waals surface area contributed by atoms with Gasteiger partial charge in [0, 0.05) is 6.42 Å². The average molecular weight is 427 g/mol. The lowest BCUT2D eigenvalue weighted by Gasteiger charge is -2.36. The third kappa shape index (κ3) is 6.27. The van der Waals surface area contributed by atoms with E-state index in [1.54, 1.807) is 0 Å². The van der Waals surface area contributed by atoms with Crippen LogP contribution < -0.4 is 0 Å². The second-order valence-electron chi connectivity index (χ2n) is 8.01. The summed E-state index contributed by atoms with van der Waals surface area (Å²) in [6.07, 6.45) is 4.21. The first-order valence-electron chi connectivity index (χ1n) is 11.1. The Kier molecular flexibility index (Phi) is 8.05. The molecule has 0 saturated heterocycles. The van der Waals surface area contributed by atoms with Gasteiger partial charge in [0.2, 0.25) is 0 Å². The van der Waals surface area contributed by atoms with Crippen LogP contribution in [-0.4, -0.2) is 18.3 Å². The van der Waals surface area contributed by atoms with Gasteiger partial charge in [-0.05, 0) is 28.3 Å². The first-order chi connectivity index (χ1) is 15.8. The first kappa shape index (κ1) is 22.2. The smallest absolute Gasteiger partial charge is 0.114 e. The molecule has 0 saturated carbocycles. The third-order valence-electron chi connectivity index (χ3n) is 5.65. The lowest BCUT2D eigenvalue weighted by atomic mass is 9.91. The molecule has 0 radical (unpaired) electrons. The normalized spacial score (nSPS) is 20.5. The Bertz CT molecular complexity index is 983. The van der Waals surface area contributed by atoms with E-state index in [2.05, 4.69) is 49.1 Å². The molecule has 3 atom stereocenters. The summed E-state index contributed by atoms with van der Waals surface area (Å²) in [7, 11) is 0. The number of hydrogen-bond acceptors (Lipinski definition) is 3. The number of benzene rings is 3. The van der Waals surface area contributed by atoms with Crippen LogP contribution in [0.1, 0.15) is 23.1 Å². The predicted molar refractivity (Wildman–Crippen MR) is 128 cm³/mol. The Morgan fingerprint density at radius 3 is 1.62 bits per heavy atom. The number of allylic oxidation sites excluding steroid dienone is 1. The van der Waals surface area contributed by atoms with Crippen LogP contribution in [0.3, 0.4) is 0 Å². The van der Waals surface area contributed by atoms with Crippen LogP contribution >= 0.6 is 0 Å². The minimum Gasteiger partial charge on any atom is -0.370 e. The molecule has 3 aromatic rings. The Hall–Kier alpha value is -2.98. The highest BCUT2D eigenvalue weighted by molar-refractivity contribution is 5.25. The zero-order chi connectivity index (χ0) is 22.0. The largest absolute Gasteiger partial charge is 0.370 e. The van der Waals surface area contributed by atoms with Crippen molar-refractivity contribution < 1.29 is 14.2 Å². The zero-order valence-electron chi connectivity index (χ0n) is 18.3. The second-order valence-corrected chi connectivity index (χ2v) is 8.01. The topological polar surface area (TPSA) is 27.7 Å². The van der Waals surface area contributed by atoms with Gasteiger partial charge < -0.3 is 14.2 Å². The van der Waals surface area contributed by atoms with Gasteiger partial charge in [-0.15, -0.1) is 0 Å². The highest BCUT2D eigenvalue weighted by atomic mass is 16.6. The summed E-state index contributed by atoms with van der Waals surface area (Å²) in [5.74, 6) is 0. The molecule has 0 aromatic heterocycles. The van der Waals surface area contributed by atoms with Crippen LogP contribution in [0.5, 0.6) is 0 Å². The molecule has 0 heterocycles. The van der Waals surface area contributed by atoms with Crippen LogP contribution in [0, 0.1) is 0 Å². The summed E-state index contributed by atoms with van der Waals surface area (Å²) in [5.41, 5.74) is 4.54. The summed E-state index contributed by atoms with van der Waals surface area (Å²) in [6, 6.07) is 30.7. The van der Waals surface area contributed by atoms with Crippen LogP contribution in [0.15, 0.2) is 115 Å². The number of ether oxygens (including phenoxy) is 3. The molecule has 1 aliphatic carbocycles. The van der Waals surface area contributed by atoms with Gasteiger partial charge >= 0.3 is 0 Å². The van der Waals surface area contributed by atoms with Gasteiger partial charge in [-0.3, -0.25) is 0 Å². The van der Waals surface area contributed by atoms with E-state index in [9.17, 15) is 0 Å². The van der Waals surface area contributed by atoms with Crippen molar-refractivity contribution in [3.63, 3.8) is 0 Å². The van der Waals surface area contributed by atoms with E-state index in [0.717, 1.165) is 28.7 Å². The van der Waals surface area contributed by atoms with E-state index in [-0.39, 0.29) is 18.3 Å². The molecule has 0 spiro atoms. The van der Waals surface area contributed by atoms with E-state index in [0.29, 0.717) is 19.8 Å². The number of rotatable bonds is 10. The highest BCUT2D eigenvalue weighted by Gasteiger charge is 2.35. The standard InChI is InChI=1S/C29H30O3/c1-2-23-18-27(30-20-24-12-6-3-7-13-24)29(32-22-26-16-10-5-11-17-26)28(19-23)31-21-25-14-8-4-9-15-25/h2-18,27-29H,1,19-22H2/t27-,28-,29-/m1/s1. The molecule has 0 bridgehead atoms. The van der Waals surface area contributed by atoms with Gasteiger partial charge in [0.05, 0.1) is 25.9 Å². The predicted octanol–water partition coefficient (Wildman–Crippen LogP) is 6.26. The van der Waals surface area contributed by atoms with Gasteiger partial charge in [-0.1, -0.05) is 104 Å². The molecule has 3 aromatic carbocycles. The Balaban J connectivity index is 1.51. The molecule has 0 N–H and O–H groups in total. The van der Waals surface area contributed by atoms with Crippen molar-refractivity contribution in [1.29, 1.82) is 0 Å². The van der Waals surface area contributed by atoms with Gasteiger partial charge in [-0.2, -0.15) is 0 Å². The monoisotopic (exact) mass is 426 g/mol. The molecule has 0 unspecified atom stereocenters. The van der Waals surface area contributed by atoms with Crippen LogP contribution in [0.2, 0.25) is 0 Å². The quantitative estimate of drug-likeness (QED) is 0.383. The summed E-state index contributed by atoms with van der Waals surface area (Å²) in [6.45, 7) is 5.55. The molecule has 1 aliphatic rings. The third-order valence-corrected chi connectivity index (χ3v) is 5.65. The van der Waals surface area contributed by atoms with Crippen LogP contribution in [-0.2, 0) is 34.0 Å². The average Bonchev–Trinajstić information content (AvgIpc) is 2.87. The fourth-order valence-electron chi connectivity index (χ4n) is 3.90. The van der Waals surface area contributed by atoms with Crippen LogP contribution in [0.4, 0.5) is 0 Å². The van der Waals surface area contributed by atoms with Crippen molar-refractivity contribution in [3.8, 4) is 0 Å². The first-order valence-corrected chi connectivity index (χ1v) is 11.1. The van der Waals surface area contributed by atoms with Gasteiger partial charge in [0.25, 0.3) is 0 Å². The van der Waals surface area contributed by atoms with E-state index in [1.165, 1.54) is 0 Å². The molecule has 0 amide bonds. The molecule has 32 heavy (non-hydrogen) atoms. The van der Waals surface area contributed by atoms with Crippen molar-refractivity contribution in [2.45, 2.75) is 44.6 Å². The maximum absolute atomic E-state index is 6.44. The summed E-state index contributed by atoms with van der Waals surface area (Å²) < 4.78 is 19.2. The molecular formula is C29H30O3. The van der Waals surface area contributed by atoms with Crippen molar-refractivity contribution in [3.05, 3.63) is 132 Å². The molecule has 164 valence electrons. The summed E-state index contributed by atoms with van der Waals surface area (Å²) >= 11 is 0. The minimum atomic E-state index is -0.221. The Morgan fingerprint density at radius 1 is 0.656 bits per heavy atom. The molecule has 3 heteroatoms. The lowest BCUT2D eigenvalue weighted by Crippen LogP contribution is -2.44. The lowest BCUT2D eigenvalue weighted by molar-refractivity contribution is -0.142. The van der Waals surface area contributed by atoms with Gasteiger partial charge in [-0.25, -0.2) is 0 Å². The van der Waals surface area contributed by atoms with E-state index in [1.807, 2.05) is 60.7 Å². The molecule has 0 fully saturated rings. The minimum absolute atomic E-state index is 0.127. The van der Waals surface area contributed by atoms with Crippen molar-refractivity contribution >= 4 is 0 Å². The SMILES string of the molecule is C=CC1=C[C@@H](OCc2ccccc2)[C@@H](OCc2ccccc2)[C@H](OCc2ccccc2)C1. The van der Waals surface area contributed by atoms with Gasteiger partial charge in [0.1, 0.15) is 12.2 Å². The maximum atomic E-state index is 6.44. The summed E-state index contributed by atoms with van der Waals surface area (Å²) in [5, 5.41) is 0. The number of hydrogen-bond donors (Lipinski definition) is 0. The molecule has 3 nitrogen and oxygen atoms in total. The van der Waals surface area contributed by atoms with Crippen molar-refractivity contribution in [2.24, 2.45) is 0 Å². The Labute approximate surface area is 191 Å². The fourth-order valence-corrected chi connectivity index (χ4v) is 3.90.